The third-order valence-electron chi connectivity index (χ3n) is 6.41. The SMILES string of the molecule is Fc1ccc2[nH]c3c(c2c1)CCN(c1nc(C(F)(F)F)nc(C(F)(F)F)n1)[C@H]3C[C@H]1CCCOC1. The van der Waals surface area contributed by atoms with Gasteiger partial charge in [-0.05, 0) is 55.4 Å². The summed E-state index contributed by atoms with van der Waals surface area (Å²) in [7, 11) is 0. The van der Waals surface area contributed by atoms with Crippen molar-refractivity contribution in [2.75, 3.05) is 24.7 Å². The van der Waals surface area contributed by atoms with E-state index in [1.54, 1.807) is 6.07 Å². The topological polar surface area (TPSA) is 66.9 Å². The first-order valence-corrected chi connectivity index (χ1v) is 11.1. The fraction of sp³-hybridized carbons (Fsp3) is 0.500. The molecule has 0 spiro atoms. The van der Waals surface area contributed by atoms with Crippen molar-refractivity contribution in [1.29, 1.82) is 0 Å². The Kier molecular flexibility index (Phi) is 5.85. The molecule has 2 aromatic heterocycles. The van der Waals surface area contributed by atoms with E-state index in [-0.39, 0.29) is 18.9 Å². The maximum absolute atomic E-state index is 13.9. The van der Waals surface area contributed by atoms with Gasteiger partial charge in [-0.1, -0.05) is 0 Å². The smallest absolute Gasteiger partial charge is 0.381 e. The van der Waals surface area contributed by atoms with Crippen LogP contribution in [0.15, 0.2) is 18.2 Å². The van der Waals surface area contributed by atoms with Gasteiger partial charge in [0, 0.05) is 36.4 Å². The zero-order valence-corrected chi connectivity index (χ0v) is 18.2. The first kappa shape index (κ1) is 23.8. The van der Waals surface area contributed by atoms with E-state index in [0.29, 0.717) is 36.2 Å². The molecule has 188 valence electrons. The van der Waals surface area contributed by atoms with Crippen LogP contribution in [-0.2, 0) is 23.5 Å². The number of fused-ring (bicyclic) bond motifs is 3. The van der Waals surface area contributed by atoms with Crippen molar-refractivity contribution >= 4 is 16.9 Å². The number of alkyl halides is 6. The number of rotatable bonds is 3. The van der Waals surface area contributed by atoms with Gasteiger partial charge in [0.25, 0.3) is 0 Å². The van der Waals surface area contributed by atoms with Crippen molar-refractivity contribution in [1.82, 2.24) is 19.9 Å². The van der Waals surface area contributed by atoms with Gasteiger partial charge in [0.15, 0.2) is 0 Å². The van der Waals surface area contributed by atoms with Gasteiger partial charge in [-0.3, -0.25) is 0 Å². The molecule has 0 bridgehead atoms. The molecule has 0 unspecified atom stereocenters. The highest BCUT2D eigenvalue weighted by atomic mass is 19.4. The van der Waals surface area contributed by atoms with Crippen LogP contribution in [0.4, 0.5) is 36.7 Å². The van der Waals surface area contributed by atoms with Gasteiger partial charge >= 0.3 is 12.4 Å². The number of nitrogens with zero attached hydrogens (tertiary/aromatic N) is 4. The number of nitrogens with one attached hydrogen (secondary N) is 1. The molecule has 1 saturated heterocycles. The Morgan fingerprint density at radius 3 is 2.37 bits per heavy atom. The van der Waals surface area contributed by atoms with Crippen molar-refractivity contribution in [3.63, 3.8) is 0 Å². The summed E-state index contributed by atoms with van der Waals surface area (Å²) in [6, 6.07) is 3.54. The van der Waals surface area contributed by atoms with Crippen LogP contribution in [0.25, 0.3) is 10.9 Å². The van der Waals surface area contributed by atoms with Crippen LogP contribution in [0.2, 0.25) is 0 Å². The van der Waals surface area contributed by atoms with E-state index in [9.17, 15) is 30.7 Å². The van der Waals surface area contributed by atoms with E-state index in [1.165, 1.54) is 17.0 Å². The van der Waals surface area contributed by atoms with Crippen molar-refractivity contribution < 1.29 is 35.5 Å². The molecular formula is C22H20F7N5O. The number of aromatic nitrogens is 4. The van der Waals surface area contributed by atoms with Crippen LogP contribution in [-0.4, -0.2) is 39.7 Å². The molecule has 0 aliphatic carbocycles. The number of halogens is 7. The zero-order chi connectivity index (χ0) is 25.0. The highest BCUT2D eigenvalue weighted by Crippen LogP contribution is 2.42. The predicted molar refractivity (Wildman–Crippen MR) is 110 cm³/mol. The molecule has 1 aromatic carbocycles. The minimum atomic E-state index is -5.19. The minimum Gasteiger partial charge on any atom is -0.381 e. The second-order valence-electron chi connectivity index (χ2n) is 8.76. The van der Waals surface area contributed by atoms with E-state index in [1.807, 2.05) is 0 Å². The van der Waals surface area contributed by atoms with E-state index < -0.39 is 41.8 Å². The molecule has 35 heavy (non-hydrogen) atoms. The second-order valence-corrected chi connectivity index (χ2v) is 8.76. The predicted octanol–water partition coefficient (Wildman–Crippen LogP) is 5.45. The number of H-pyrrole nitrogens is 1. The lowest BCUT2D eigenvalue weighted by atomic mass is 9.88. The number of aromatic amines is 1. The number of benzene rings is 1. The Labute approximate surface area is 194 Å². The number of hydrogen-bond acceptors (Lipinski definition) is 5. The van der Waals surface area contributed by atoms with Crippen LogP contribution in [0, 0.1) is 11.7 Å². The highest BCUT2D eigenvalue weighted by molar-refractivity contribution is 5.85. The summed E-state index contributed by atoms with van der Waals surface area (Å²) in [5.41, 5.74) is 2.01. The summed E-state index contributed by atoms with van der Waals surface area (Å²) in [6.45, 7) is 1.07. The van der Waals surface area contributed by atoms with Gasteiger partial charge < -0.3 is 14.6 Å². The van der Waals surface area contributed by atoms with E-state index in [4.69, 9.17) is 4.74 Å². The molecule has 0 amide bonds. The Bertz CT molecular complexity index is 1200. The van der Waals surface area contributed by atoms with Gasteiger partial charge in [-0.2, -0.15) is 36.3 Å². The van der Waals surface area contributed by atoms with Crippen molar-refractivity contribution in [3.05, 3.63) is 46.9 Å². The van der Waals surface area contributed by atoms with Gasteiger partial charge in [-0.15, -0.1) is 0 Å². The molecule has 0 saturated carbocycles. The molecular weight excluding hydrogens is 483 g/mol. The van der Waals surface area contributed by atoms with Crippen LogP contribution < -0.4 is 4.90 Å². The third-order valence-corrected chi connectivity index (χ3v) is 6.41. The number of anilines is 1. The molecule has 3 aromatic rings. The Balaban J connectivity index is 1.63. The van der Waals surface area contributed by atoms with Crippen molar-refractivity contribution in [2.24, 2.45) is 5.92 Å². The molecule has 0 radical (unpaired) electrons. The Morgan fingerprint density at radius 2 is 1.74 bits per heavy atom. The molecule has 5 rings (SSSR count). The van der Waals surface area contributed by atoms with Crippen molar-refractivity contribution in [3.8, 4) is 0 Å². The standard InChI is InChI=1S/C22H20F7N5O/c23-12-3-4-15-14(9-12)13-5-6-34(16(17(13)30-15)8-11-2-1-7-35-10-11)20-32-18(21(24,25)26)31-19(33-20)22(27,28)29/h3-4,9,11,16,30H,1-2,5-8,10H2/t11-,16+/m1/s1. The highest BCUT2D eigenvalue weighted by Gasteiger charge is 2.43. The average Bonchev–Trinajstić information content (AvgIpc) is 3.17. The van der Waals surface area contributed by atoms with Crippen LogP contribution in [0.5, 0.6) is 0 Å². The van der Waals surface area contributed by atoms with E-state index in [0.717, 1.165) is 18.4 Å². The molecule has 2 aliphatic rings. The van der Waals surface area contributed by atoms with E-state index >= 15 is 0 Å². The first-order chi connectivity index (χ1) is 16.5. The average molecular weight is 503 g/mol. The van der Waals surface area contributed by atoms with Crippen molar-refractivity contribution in [2.45, 2.75) is 44.1 Å². The molecule has 6 nitrogen and oxygen atoms in total. The quantitative estimate of drug-likeness (QED) is 0.482. The summed E-state index contributed by atoms with van der Waals surface area (Å²) >= 11 is 0. The van der Waals surface area contributed by atoms with Gasteiger partial charge in [0.2, 0.25) is 17.6 Å². The van der Waals surface area contributed by atoms with Gasteiger partial charge in [0.1, 0.15) is 5.82 Å². The summed E-state index contributed by atoms with van der Waals surface area (Å²) in [6.07, 6.45) is -8.15. The summed E-state index contributed by atoms with van der Waals surface area (Å²) < 4.78 is 99.8. The monoisotopic (exact) mass is 503 g/mol. The van der Waals surface area contributed by atoms with Crippen LogP contribution >= 0.6 is 0 Å². The van der Waals surface area contributed by atoms with Gasteiger partial charge in [0.05, 0.1) is 6.04 Å². The van der Waals surface area contributed by atoms with Gasteiger partial charge in [-0.25, -0.2) is 9.37 Å². The fourth-order valence-electron chi connectivity index (χ4n) is 4.88. The molecule has 2 aliphatic heterocycles. The lowest BCUT2D eigenvalue weighted by Gasteiger charge is -2.38. The summed E-state index contributed by atoms with van der Waals surface area (Å²) in [5.74, 6) is -4.92. The minimum absolute atomic E-state index is 0.0244. The van der Waals surface area contributed by atoms with E-state index in [2.05, 4.69) is 19.9 Å². The lowest BCUT2D eigenvalue weighted by molar-refractivity contribution is -0.155. The molecule has 4 heterocycles. The second kappa shape index (κ2) is 8.61. The number of ether oxygens (including phenoxy) is 1. The largest absolute Gasteiger partial charge is 0.451 e. The molecule has 13 heteroatoms. The molecule has 1 fully saturated rings. The van der Waals surface area contributed by atoms with Crippen LogP contribution in [0.1, 0.15) is 48.2 Å². The Hall–Kier alpha value is -2.96. The summed E-state index contributed by atoms with van der Waals surface area (Å²) in [5, 5.41) is 0.632. The van der Waals surface area contributed by atoms with Crippen LogP contribution in [0.3, 0.4) is 0 Å². The summed E-state index contributed by atoms with van der Waals surface area (Å²) in [4.78, 5) is 14.0. The zero-order valence-electron chi connectivity index (χ0n) is 18.2. The lowest BCUT2D eigenvalue weighted by Crippen LogP contribution is -2.39. The molecule has 2 atom stereocenters. The molecule has 1 N–H and O–H groups in total. The first-order valence-electron chi connectivity index (χ1n) is 11.1. The maximum Gasteiger partial charge on any atom is 0.451 e. The normalized spacial score (nSPS) is 21.4. The number of hydrogen-bond donors (Lipinski definition) is 1. The third kappa shape index (κ3) is 4.65. The maximum atomic E-state index is 13.9. The fourth-order valence-corrected chi connectivity index (χ4v) is 4.88. The Morgan fingerprint density at radius 1 is 1.03 bits per heavy atom.